The highest BCUT2D eigenvalue weighted by atomic mass is 19.4. The molecule has 1 saturated heterocycles. The highest BCUT2D eigenvalue weighted by Gasteiger charge is 2.34. The molecular formula is C16H23F3N2O. The Hall–Kier alpha value is -1.27. The molecule has 3 nitrogen and oxygen atoms in total. The van der Waals surface area contributed by atoms with Crippen LogP contribution >= 0.6 is 0 Å². The summed E-state index contributed by atoms with van der Waals surface area (Å²) in [7, 11) is 0. The molecule has 6 heteroatoms. The largest absolute Gasteiger partial charge is 0.468 e. The minimum atomic E-state index is -4.11. The van der Waals surface area contributed by atoms with Crippen LogP contribution in [0.5, 0.6) is 0 Å². The van der Waals surface area contributed by atoms with Crippen molar-refractivity contribution in [1.82, 2.24) is 10.2 Å². The first-order valence-electron chi connectivity index (χ1n) is 7.64. The molecule has 2 atom stereocenters. The first kappa shape index (κ1) is 17.1. The fourth-order valence-corrected chi connectivity index (χ4v) is 2.90. The first-order valence-corrected chi connectivity index (χ1v) is 7.64. The molecule has 0 aromatic carbocycles. The average molecular weight is 316 g/mol. The number of likely N-dealkylation sites (tertiary alicyclic amines) is 1. The standard InChI is InChI=1S/C16H23F3N2O/c1-2-3-5-14(15-6-4-9-22-15)20-10-13-7-8-21(11-13)12-16(17,18)19/h2,4,6,9,13-14,20H,1,3,5,7-8,10-12H2/t13-,14-/m0/s1. The number of nitrogens with one attached hydrogen (secondary N) is 1. The molecule has 0 amide bonds. The number of hydrogen-bond acceptors (Lipinski definition) is 3. The second kappa shape index (κ2) is 7.83. The Balaban J connectivity index is 1.79. The molecule has 1 aromatic rings. The summed E-state index contributed by atoms with van der Waals surface area (Å²) in [6.45, 7) is 4.64. The highest BCUT2D eigenvalue weighted by Crippen LogP contribution is 2.24. The summed E-state index contributed by atoms with van der Waals surface area (Å²) in [5, 5.41) is 3.43. The Morgan fingerprint density at radius 3 is 2.95 bits per heavy atom. The second-order valence-corrected chi connectivity index (χ2v) is 5.85. The smallest absolute Gasteiger partial charge is 0.401 e. The average Bonchev–Trinajstić information content (AvgIpc) is 3.09. The fraction of sp³-hybridized carbons (Fsp3) is 0.625. The van der Waals surface area contributed by atoms with Crippen LogP contribution in [0.3, 0.4) is 0 Å². The molecule has 2 heterocycles. The van der Waals surface area contributed by atoms with E-state index in [0.29, 0.717) is 19.6 Å². The molecule has 0 aliphatic carbocycles. The number of furan rings is 1. The van der Waals surface area contributed by atoms with Crippen LogP contribution in [0.4, 0.5) is 13.2 Å². The van der Waals surface area contributed by atoms with E-state index >= 15 is 0 Å². The van der Waals surface area contributed by atoms with Gasteiger partial charge in [-0.1, -0.05) is 6.08 Å². The number of hydrogen-bond donors (Lipinski definition) is 1. The van der Waals surface area contributed by atoms with Crippen molar-refractivity contribution in [2.24, 2.45) is 5.92 Å². The van der Waals surface area contributed by atoms with Crippen molar-refractivity contribution in [3.8, 4) is 0 Å². The van der Waals surface area contributed by atoms with Crippen LogP contribution < -0.4 is 5.32 Å². The molecule has 1 N–H and O–H groups in total. The number of alkyl halides is 3. The lowest BCUT2D eigenvalue weighted by Crippen LogP contribution is -2.34. The Morgan fingerprint density at radius 1 is 1.50 bits per heavy atom. The van der Waals surface area contributed by atoms with Gasteiger partial charge < -0.3 is 9.73 Å². The summed E-state index contributed by atoms with van der Waals surface area (Å²) in [5.74, 6) is 1.12. The van der Waals surface area contributed by atoms with Gasteiger partial charge in [0.1, 0.15) is 5.76 Å². The van der Waals surface area contributed by atoms with E-state index in [2.05, 4.69) is 11.9 Å². The van der Waals surface area contributed by atoms with Crippen molar-refractivity contribution in [3.05, 3.63) is 36.8 Å². The molecule has 124 valence electrons. The zero-order valence-corrected chi connectivity index (χ0v) is 12.6. The summed E-state index contributed by atoms with van der Waals surface area (Å²) in [6, 6.07) is 3.86. The Labute approximate surface area is 129 Å². The van der Waals surface area contributed by atoms with E-state index in [-0.39, 0.29) is 12.0 Å². The summed E-state index contributed by atoms with van der Waals surface area (Å²) >= 11 is 0. The Kier molecular flexibility index (Phi) is 6.08. The van der Waals surface area contributed by atoms with E-state index in [0.717, 1.165) is 25.0 Å². The van der Waals surface area contributed by atoms with Crippen molar-refractivity contribution in [1.29, 1.82) is 0 Å². The molecule has 0 saturated carbocycles. The Bertz CT molecular complexity index is 445. The third-order valence-corrected chi connectivity index (χ3v) is 3.97. The van der Waals surface area contributed by atoms with Crippen LogP contribution in [0.1, 0.15) is 31.1 Å². The van der Waals surface area contributed by atoms with Crippen molar-refractivity contribution in [3.63, 3.8) is 0 Å². The van der Waals surface area contributed by atoms with Crippen molar-refractivity contribution in [2.75, 3.05) is 26.2 Å². The normalized spacial score (nSPS) is 21.1. The van der Waals surface area contributed by atoms with Gasteiger partial charge in [-0.3, -0.25) is 4.90 Å². The number of nitrogens with zero attached hydrogens (tertiary/aromatic N) is 1. The summed E-state index contributed by atoms with van der Waals surface area (Å²) in [5.41, 5.74) is 0. The topological polar surface area (TPSA) is 28.4 Å². The monoisotopic (exact) mass is 316 g/mol. The van der Waals surface area contributed by atoms with Crippen LogP contribution in [0.15, 0.2) is 35.5 Å². The molecule has 0 radical (unpaired) electrons. The van der Waals surface area contributed by atoms with Gasteiger partial charge in [0.25, 0.3) is 0 Å². The van der Waals surface area contributed by atoms with Gasteiger partial charge in [0.05, 0.1) is 18.8 Å². The minimum absolute atomic E-state index is 0.0877. The van der Waals surface area contributed by atoms with Gasteiger partial charge in [-0.2, -0.15) is 13.2 Å². The quantitative estimate of drug-likeness (QED) is 0.740. The first-order chi connectivity index (χ1) is 10.5. The van der Waals surface area contributed by atoms with Gasteiger partial charge in [-0.05, 0) is 50.4 Å². The molecule has 2 rings (SSSR count). The predicted octanol–water partition coefficient (Wildman–Crippen LogP) is 3.76. The zero-order chi connectivity index (χ0) is 16.0. The lowest BCUT2D eigenvalue weighted by Gasteiger charge is -2.20. The molecule has 0 bridgehead atoms. The van der Waals surface area contributed by atoms with Crippen molar-refractivity contribution < 1.29 is 17.6 Å². The summed E-state index contributed by atoms with van der Waals surface area (Å²) in [6.07, 6.45) is 1.93. The van der Waals surface area contributed by atoms with Gasteiger partial charge in [0.15, 0.2) is 0 Å². The maximum atomic E-state index is 12.4. The lowest BCUT2D eigenvalue weighted by molar-refractivity contribution is -0.143. The number of allylic oxidation sites excluding steroid dienone is 1. The third-order valence-electron chi connectivity index (χ3n) is 3.97. The molecule has 0 unspecified atom stereocenters. The lowest BCUT2D eigenvalue weighted by atomic mass is 10.1. The van der Waals surface area contributed by atoms with Crippen LogP contribution in [0.25, 0.3) is 0 Å². The van der Waals surface area contributed by atoms with Crippen molar-refractivity contribution in [2.45, 2.75) is 31.5 Å². The summed E-state index contributed by atoms with van der Waals surface area (Å²) in [4.78, 5) is 1.48. The van der Waals surface area contributed by atoms with E-state index in [1.807, 2.05) is 18.2 Å². The van der Waals surface area contributed by atoms with E-state index in [1.54, 1.807) is 6.26 Å². The van der Waals surface area contributed by atoms with Gasteiger partial charge in [0.2, 0.25) is 0 Å². The third kappa shape index (κ3) is 5.50. The predicted molar refractivity (Wildman–Crippen MR) is 79.5 cm³/mol. The molecule has 1 fully saturated rings. The maximum absolute atomic E-state index is 12.4. The number of halogens is 3. The zero-order valence-electron chi connectivity index (χ0n) is 12.6. The van der Waals surface area contributed by atoms with Gasteiger partial charge in [-0.15, -0.1) is 6.58 Å². The molecule has 1 aliphatic heterocycles. The van der Waals surface area contributed by atoms with E-state index in [9.17, 15) is 13.2 Å². The highest BCUT2D eigenvalue weighted by molar-refractivity contribution is 5.04. The molecule has 1 aromatic heterocycles. The fourth-order valence-electron chi connectivity index (χ4n) is 2.90. The van der Waals surface area contributed by atoms with E-state index in [1.165, 1.54) is 4.90 Å². The van der Waals surface area contributed by atoms with Gasteiger partial charge in [0, 0.05) is 6.54 Å². The SMILES string of the molecule is C=CCC[C@H](NC[C@@H]1CCN(CC(F)(F)F)C1)c1ccco1. The van der Waals surface area contributed by atoms with Gasteiger partial charge >= 0.3 is 6.18 Å². The van der Waals surface area contributed by atoms with Crippen molar-refractivity contribution >= 4 is 0 Å². The molecule has 22 heavy (non-hydrogen) atoms. The van der Waals surface area contributed by atoms with Crippen LogP contribution in [0.2, 0.25) is 0 Å². The van der Waals surface area contributed by atoms with Crippen LogP contribution in [0, 0.1) is 5.92 Å². The number of rotatable bonds is 8. The Morgan fingerprint density at radius 2 is 2.32 bits per heavy atom. The van der Waals surface area contributed by atoms with Crippen LogP contribution in [-0.2, 0) is 0 Å². The minimum Gasteiger partial charge on any atom is -0.468 e. The van der Waals surface area contributed by atoms with E-state index in [4.69, 9.17) is 4.42 Å². The summed E-state index contributed by atoms with van der Waals surface area (Å²) < 4.78 is 42.6. The van der Waals surface area contributed by atoms with Gasteiger partial charge in [-0.25, -0.2) is 0 Å². The second-order valence-electron chi connectivity index (χ2n) is 5.85. The molecular weight excluding hydrogens is 293 g/mol. The van der Waals surface area contributed by atoms with Crippen LogP contribution in [-0.4, -0.2) is 37.3 Å². The van der Waals surface area contributed by atoms with E-state index < -0.39 is 12.7 Å². The molecule has 0 spiro atoms. The molecule has 1 aliphatic rings. The maximum Gasteiger partial charge on any atom is 0.401 e.